The van der Waals surface area contributed by atoms with E-state index in [-0.39, 0.29) is 10.4 Å². The molecule has 0 spiro atoms. The summed E-state index contributed by atoms with van der Waals surface area (Å²) in [5, 5.41) is 16.3. The second kappa shape index (κ2) is 2.86. The monoisotopic (exact) mass is 200 g/mol. The summed E-state index contributed by atoms with van der Waals surface area (Å²) in [5.74, 6) is 0.145. The van der Waals surface area contributed by atoms with Crippen molar-refractivity contribution in [3.05, 3.63) is 29.8 Å². The molecule has 0 aliphatic rings. The van der Waals surface area contributed by atoms with Crippen LogP contribution in [0.4, 0.5) is 0 Å². The third kappa shape index (κ3) is 1.38. The van der Waals surface area contributed by atoms with Gasteiger partial charge in [-0.3, -0.25) is 0 Å². The molecule has 10 heavy (non-hydrogen) atoms. The van der Waals surface area contributed by atoms with Gasteiger partial charge in [-0.2, -0.15) is 0 Å². The number of nitrogens with one attached hydrogen (secondary N) is 1. The van der Waals surface area contributed by atoms with Crippen LogP contribution in [0.15, 0.2) is 24.3 Å². The second-order valence-corrected chi connectivity index (χ2v) is 2.70. The number of rotatable bonds is 1. The molecule has 0 amide bonds. The van der Waals surface area contributed by atoms with E-state index in [0.29, 0.717) is 5.56 Å². The van der Waals surface area contributed by atoms with Gasteiger partial charge in [0.1, 0.15) is 0 Å². The van der Waals surface area contributed by atoms with Crippen LogP contribution in [0.5, 0.6) is 5.75 Å². The van der Waals surface area contributed by atoms with Gasteiger partial charge >= 0.3 is 66.7 Å². The molecule has 1 radical (unpaired) electrons. The molecule has 1 aromatic rings. The maximum absolute atomic E-state index is 9.12. The van der Waals surface area contributed by atoms with Crippen LogP contribution >= 0.6 is 0 Å². The zero-order valence-electron chi connectivity index (χ0n) is 5.16. The molecule has 0 aromatic heterocycles. The average molecular weight is 199 g/mol. The average Bonchev–Trinajstić information content (AvgIpc) is 1.88. The molecule has 2 N–H and O–H groups in total. The number of phenols is 1. The van der Waals surface area contributed by atoms with Crippen molar-refractivity contribution < 1.29 is 5.11 Å². The number of aromatic hydroxyl groups is 1. The minimum atomic E-state index is 0.145. The van der Waals surface area contributed by atoms with E-state index in [1.165, 1.54) is 0 Å². The number of hydrogen-bond donors (Lipinski definition) is 2. The fraction of sp³-hybridized carbons (Fsp3) is 0. The number of para-hydroxylation sites is 1. The molecule has 0 fully saturated rings. The summed E-state index contributed by atoms with van der Waals surface area (Å²) >= 11 is 2.52. The molecule has 1 aromatic carbocycles. The Morgan fingerprint density at radius 2 is 2.00 bits per heavy atom. The zero-order valence-corrected chi connectivity index (χ0v) is 6.88. The number of benzene rings is 1. The molecule has 1 rings (SSSR count). The summed E-state index contributed by atoms with van der Waals surface area (Å²) < 4.78 is 0.262. The van der Waals surface area contributed by atoms with Crippen molar-refractivity contribution in [2.75, 3.05) is 0 Å². The van der Waals surface area contributed by atoms with E-state index in [2.05, 4.69) is 16.0 Å². The first-order chi connectivity index (χ1) is 4.72. The molecule has 0 aliphatic heterocycles. The Morgan fingerprint density at radius 3 is 2.40 bits per heavy atom. The zero-order chi connectivity index (χ0) is 7.56. The first-order valence-corrected chi connectivity index (χ1v) is 3.61. The molecule has 51 valence electrons. The summed E-state index contributed by atoms with van der Waals surface area (Å²) in [7, 11) is 0. The maximum atomic E-state index is 9.12. The van der Waals surface area contributed by atoms with Gasteiger partial charge in [0.25, 0.3) is 0 Å². The Labute approximate surface area is 67.2 Å². The van der Waals surface area contributed by atoms with Crippen LogP contribution in [0, 0.1) is 5.41 Å². The predicted molar refractivity (Wildman–Crippen MR) is 40.7 cm³/mol. The predicted octanol–water partition coefficient (Wildman–Crippen LogP) is 0.886. The van der Waals surface area contributed by atoms with E-state index < -0.39 is 0 Å². The van der Waals surface area contributed by atoms with Gasteiger partial charge in [0.15, 0.2) is 0 Å². The molecule has 3 heteroatoms. The number of hydrogen-bond acceptors (Lipinski definition) is 2. The van der Waals surface area contributed by atoms with E-state index in [4.69, 9.17) is 10.5 Å². The van der Waals surface area contributed by atoms with E-state index >= 15 is 0 Å². The Hall–Kier alpha value is -0.791. The molecule has 0 saturated carbocycles. The van der Waals surface area contributed by atoms with Crippen LogP contribution in [0.2, 0.25) is 0 Å². The normalized spacial score (nSPS) is 9.20. The molecule has 0 unspecified atom stereocenters. The summed E-state index contributed by atoms with van der Waals surface area (Å²) in [5.41, 5.74) is 0.544. The summed E-state index contributed by atoms with van der Waals surface area (Å²) in [6.07, 6.45) is 0. The van der Waals surface area contributed by atoms with Crippen LogP contribution in [0.1, 0.15) is 5.56 Å². The van der Waals surface area contributed by atoms with E-state index in [1.807, 2.05) is 0 Å². The van der Waals surface area contributed by atoms with Gasteiger partial charge in [-0.1, -0.05) is 0 Å². The first-order valence-electron chi connectivity index (χ1n) is 2.76. The van der Waals surface area contributed by atoms with E-state index in [1.54, 1.807) is 24.3 Å². The third-order valence-electron chi connectivity index (χ3n) is 1.15. The van der Waals surface area contributed by atoms with Crippen molar-refractivity contribution in [3.8, 4) is 5.75 Å². The Bertz CT molecular complexity index is 260. The summed E-state index contributed by atoms with van der Waals surface area (Å²) in [6, 6.07) is 6.75. The van der Waals surface area contributed by atoms with Crippen molar-refractivity contribution in [1.82, 2.24) is 0 Å². The third-order valence-corrected chi connectivity index (χ3v) is 1.61. The first kappa shape index (κ1) is 7.32. The molecule has 0 saturated heterocycles. The summed E-state index contributed by atoms with van der Waals surface area (Å²) in [4.78, 5) is 0. The van der Waals surface area contributed by atoms with Crippen molar-refractivity contribution in [2.45, 2.75) is 0 Å². The van der Waals surface area contributed by atoms with Gasteiger partial charge in [0, 0.05) is 0 Å². The van der Waals surface area contributed by atoms with Gasteiger partial charge in [0.2, 0.25) is 0 Å². The second-order valence-electron chi connectivity index (χ2n) is 1.85. The van der Waals surface area contributed by atoms with Gasteiger partial charge in [0.05, 0.1) is 0 Å². The van der Waals surface area contributed by atoms with Crippen molar-refractivity contribution in [2.24, 2.45) is 0 Å². The quantitative estimate of drug-likeness (QED) is 0.511. The minimum absolute atomic E-state index is 0.145. The fourth-order valence-corrected chi connectivity index (χ4v) is 1.03. The molecule has 0 atom stereocenters. The Kier molecular flexibility index (Phi) is 2.09. The van der Waals surface area contributed by atoms with E-state index in [0.717, 1.165) is 0 Å². The van der Waals surface area contributed by atoms with E-state index in [9.17, 15) is 0 Å². The van der Waals surface area contributed by atoms with Crippen LogP contribution in [0.25, 0.3) is 0 Å². The van der Waals surface area contributed by atoms with Crippen LogP contribution in [-0.2, 0) is 0 Å². The van der Waals surface area contributed by atoms with Gasteiger partial charge in [-0.25, -0.2) is 0 Å². The fourth-order valence-electron chi connectivity index (χ4n) is 0.666. The SMILES string of the molecule is N=C([Se])c1ccccc1O. The Balaban J connectivity index is 3.15. The van der Waals surface area contributed by atoms with Crippen LogP contribution in [0.3, 0.4) is 0 Å². The van der Waals surface area contributed by atoms with Crippen molar-refractivity contribution in [3.63, 3.8) is 0 Å². The van der Waals surface area contributed by atoms with Gasteiger partial charge in [-0.15, -0.1) is 0 Å². The molecule has 0 bridgehead atoms. The van der Waals surface area contributed by atoms with Crippen LogP contribution < -0.4 is 0 Å². The topological polar surface area (TPSA) is 44.1 Å². The molecule has 0 aliphatic carbocycles. The standard InChI is InChI=1S/C7H6NOSe/c8-7(10)5-3-1-2-4-6(5)9/h1-4,8-9H. The van der Waals surface area contributed by atoms with Crippen molar-refractivity contribution in [1.29, 1.82) is 5.41 Å². The van der Waals surface area contributed by atoms with Gasteiger partial charge in [-0.05, 0) is 0 Å². The molecule has 2 nitrogen and oxygen atoms in total. The van der Waals surface area contributed by atoms with Crippen LogP contribution in [-0.4, -0.2) is 25.7 Å². The molecular weight excluding hydrogens is 193 g/mol. The Morgan fingerprint density at radius 1 is 1.40 bits per heavy atom. The van der Waals surface area contributed by atoms with Crippen molar-refractivity contribution >= 4 is 20.6 Å². The molecular formula is C7H6NOSe. The summed E-state index contributed by atoms with van der Waals surface area (Å²) in [6.45, 7) is 0. The number of phenolic OH excluding ortho intramolecular Hbond substituents is 1. The van der Waals surface area contributed by atoms with Gasteiger partial charge < -0.3 is 0 Å². The molecule has 0 heterocycles.